The second-order valence-electron chi connectivity index (χ2n) is 4.18. The molecule has 0 atom stereocenters. The fourth-order valence-electron chi connectivity index (χ4n) is 2.03. The van der Waals surface area contributed by atoms with E-state index in [2.05, 4.69) is 22.1 Å². The van der Waals surface area contributed by atoms with Gasteiger partial charge in [-0.3, -0.25) is 0 Å². The number of rotatable bonds is 2. The Balaban J connectivity index is 2.09. The van der Waals surface area contributed by atoms with Gasteiger partial charge in [0, 0.05) is 11.8 Å². The second kappa shape index (κ2) is 4.45. The van der Waals surface area contributed by atoms with Crippen LogP contribution in [0.4, 0.5) is 0 Å². The minimum atomic E-state index is 0.242. The molecule has 0 amide bonds. The summed E-state index contributed by atoms with van der Waals surface area (Å²) in [6.45, 7) is 0. The van der Waals surface area contributed by atoms with E-state index in [1.807, 2.05) is 18.2 Å². The van der Waals surface area contributed by atoms with Crippen molar-refractivity contribution >= 4 is 10.9 Å². The Morgan fingerprint density at radius 2 is 1.78 bits per heavy atom. The Morgan fingerprint density at radius 1 is 0.944 bits per heavy atom. The van der Waals surface area contributed by atoms with Gasteiger partial charge in [-0.25, -0.2) is 9.97 Å². The fourth-order valence-corrected chi connectivity index (χ4v) is 2.03. The number of nitrogens with zero attached hydrogens (tertiary/aromatic N) is 2. The van der Waals surface area contributed by atoms with E-state index >= 15 is 0 Å². The van der Waals surface area contributed by atoms with Gasteiger partial charge in [0.15, 0.2) is 0 Å². The lowest BCUT2D eigenvalue weighted by molar-refractivity contribution is 0.476. The number of fused-ring (bicyclic) bond motifs is 1. The number of hydrogen-bond donors (Lipinski definition) is 1. The van der Waals surface area contributed by atoms with E-state index in [1.165, 1.54) is 5.56 Å². The summed E-state index contributed by atoms with van der Waals surface area (Å²) in [5.74, 6) is 0.242. The molecule has 0 aliphatic carbocycles. The van der Waals surface area contributed by atoms with Crippen LogP contribution in [0.1, 0.15) is 11.3 Å². The highest BCUT2D eigenvalue weighted by Crippen LogP contribution is 2.22. The lowest BCUT2D eigenvalue weighted by Crippen LogP contribution is -1.95. The second-order valence-corrected chi connectivity index (χ2v) is 4.18. The van der Waals surface area contributed by atoms with Crippen LogP contribution < -0.4 is 0 Å². The van der Waals surface area contributed by atoms with Crippen LogP contribution in [-0.4, -0.2) is 15.1 Å². The van der Waals surface area contributed by atoms with Crippen molar-refractivity contribution in [2.45, 2.75) is 6.42 Å². The number of aromatic nitrogens is 2. The van der Waals surface area contributed by atoms with Gasteiger partial charge in [0.05, 0.1) is 11.2 Å². The van der Waals surface area contributed by atoms with Crippen molar-refractivity contribution in [2.24, 2.45) is 0 Å². The molecule has 3 heteroatoms. The molecule has 3 rings (SSSR count). The minimum Gasteiger partial charge on any atom is -0.508 e. The van der Waals surface area contributed by atoms with Crippen LogP contribution in [-0.2, 0) is 6.42 Å². The van der Waals surface area contributed by atoms with E-state index in [4.69, 9.17) is 0 Å². The number of hydrogen-bond acceptors (Lipinski definition) is 3. The standard InChI is InChI=1S/C15H12N2O/c18-12-6-7-14-13(9-12)15(17-10-16-14)8-11-4-2-1-3-5-11/h1-7,9-10,18H,8H2. The molecule has 0 bridgehead atoms. The van der Waals surface area contributed by atoms with Gasteiger partial charge in [0.25, 0.3) is 0 Å². The maximum absolute atomic E-state index is 9.57. The molecule has 0 saturated heterocycles. The lowest BCUT2D eigenvalue weighted by Gasteiger charge is -2.05. The van der Waals surface area contributed by atoms with Crippen LogP contribution in [0.2, 0.25) is 0 Å². The average molecular weight is 236 g/mol. The van der Waals surface area contributed by atoms with Crippen LogP contribution in [0.3, 0.4) is 0 Å². The SMILES string of the molecule is Oc1ccc2ncnc(Cc3ccccc3)c2c1. The maximum atomic E-state index is 9.57. The van der Waals surface area contributed by atoms with Gasteiger partial charge in [0.1, 0.15) is 12.1 Å². The van der Waals surface area contributed by atoms with Crippen molar-refractivity contribution in [3.8, 4) is 5.75 Å². The molecule has 2 aromatic carbocycles. The molecule has 0 fully saturated rings. The van der Waals surface area contributed by atoms with Gasteiger partial charge in [-0.15, -0.1) is 0 Å². The Hall–Kier alpha value is -2.42. The van der Waals surface area contributed by atoms with E-state index < -0.39 is 0 Å². The predicted molar refractivity (Wildman–Crippen MR) is 70.5 cm³/mol. The molecule has 18 heavy (non-hydrogen) atoms. The summed E-state index contributed by atoms with van der Waals surface area (Å²) in [5, 5.41) is 10.5. The summed E-state index contributed by atoms with van der Waals surface area (Å²) in [6.07, 6.45) is 2.31. The van der Waals surface area contributed by atoms with Crippen LogP contribution >= 0.6 is 0 Å². The highest BCUT2D eigenvalue weighted by Gasteiger charge is 2.05. The monoisotopic (exact) mass is 236 g/mol. The lowest BCUT2D eigenvalue weighted by atomic mass is 10.1. The first-order chi connectivity index (χ1) is 8.83. The third kappa shape index (κ3) is 2.02. The van der Waals surface area contributed by atoms with Gasteiger partial charge in [-0.2, -0.15) is 0 Å². The third-order valence-corrected chi connectivity index (χ3v) is 2.92. The topological polar surface area (TPSA) is 46.0 Å². The Bertz CT molecular complexity index is 680. The van der Waals surface area contributed by atoms with Gasteiger partial charge in [-0.05, 0) is 23.8 Å². The van der Waals surface area contributed by atoms with E-state index in [1.54, 1.807) is 24.5 Å². The molecule has 1 N–H and O–H groups in total. The molecule has 0 aliphatic rings. The zero-order chi connectivity index (χ0) is 12.4. The molecule has 1 heterocycles. The van der Waals surface area contributed by atoms with Crippen LogP contribution in [0.25, 0.3) is 10.9 Å². The highest BCUT2D eigenvalue weighted by molar-refractivity contribution is 5.82. The summed E-state index contributed by atoms with van der Waals surface area (Å²) in [6, 6.07) is 15.3. The van der Waals surface area contributed by atoms with Gasteiger partial charge in [0.2, 0.25) is 0 Å². The first-order valence-corrected chi connectivity index (χ1v) is 5.79. The van der Waals surface area contributed by atoms with Crippen LogP contribution in [0.5, 0.6) is 5.75 Å². The number of benzene rings is 2. The number of phenols is 1. The van der Waals surface area contributed by atoms with Gasteiger partial charge < -0.3 is 5.11 Å². The highest BCUT2D eigenvalue weighted by atomic mass is 16.3. The summed E-state index contributed by atoms with van der Waals surface area (Å²) in [5.41, 5.74) is 2.98. The van der Waals surface area contributed by atoms with E-state index in [0.29, 0.717) is 0 Å². The smallest absolute Gasteiger partial charge is 0.116 e. The molecule has 0 saturated carbocycles. The van der Waals surface area contributed by atoms with Crippen molar-refractivity contribution in [1.82, 2.24) is 9.97 Å². The summed E-state index contributed by atoms with van der Waals surface area (Å²) in [7, 11) is 0. The normalized spacial score (nSPS) is 10.7. The molecule has 0 spiro atoms. The molecule has 0 radical (unpaired) electrons. The molecule has 1 aromatic heterocycles. The first-order valence-electron chi connectivity index (χ1n) is 5.79. The third-order valence-electron chi connectivity index (χ3n) is 2.92. The predicted octanol–water partition coefficient (Wildman–Crippen LogP) is 2.93. The number of phenolic OH excluding ortho intramolecular Hbond substituents is 1. The van der Waals surface area contributed by atoms with Gasteiger partial charge in [-0.1, -0.05) is 30.3 Å². The Morgan fingerprint density at radius 3 is 2.61 bits per heavy atom. The largest absolute Gasteiger partial charge is 0.508 e. The fraction of sp³-hybridized carbons (Fsp3) is 0.0667. The molecule has 88 valence electrons. The van der Waals surface area contributed by atoms with Crippen molar-refractivity contribution in [3.05, 3.63) is 66.1 Å². The Labute approximate surface area is 105 Å². The quantitative estimate of drug-likeness (QED) is 0.744. The zero-order valence-electron chi connectivity index (χ0n) is 9.74. The molecular formula is C15H12N2O. The van der Waals surface area contributed by atoms with Gasteiger partial charge >= 0.3 is 0 Å². The van der Waals surface area contributed by atoms with Crippen molar-refractivity contribution in [2.75, 3.05) is 0 Å². The summed E-state index contributed by atoms with van der Waals surface area (Å²) >= 11 is 0. The van der Waals surface area contributed by atoms with E-state index in [-0.39, 0.29) is 5.75 Å². The Kier molecular flexibility index (Phi) is 2.65. The zero-order valence-corrected chi connectivity index (χ0v) is 9.74. The summed E-state index contributed by atoms with van der Waals surface area (Å²) < 4.78 is 0. The number of aromatic hydroxyl groups is 1. The molecular weight excluding hydrogens is 224 g/mol. The molecule has 0 unspecified atom stereocenters. The van der Waals surface area contributed by atoms with Crippen molar-refractivity contribution in [3.63, 3.8) is 0 Å². The van der Waals surface area contributed by atoms with E-state index in [9.17, 15) is 5.11 Å². The first kappa shape index (κ1) is 10.7. The summed E-state index contributed by atoms with van der Waals surface area (Å²) in [4.78, 5) is 8.52. The van der Waals surface area contributed by atoms with Crippen LogP contribution in [0, 0.1) is 0 Å². The molecule has 0 aliphatic heterocycles. The average Bonchev–Trinajstić information content (AvgIpc) is 2.41. The van der Waals surface area contributed by atoms with E-state index in [0.717, 1.165) is 23.0 Å². The molecule has 3 aromatic rings. The molecule has 3 nitrogen and oxygen atoms in total. The van der Waals surface area contributed by atoms with Crippen molar-refractivity contribution < 1.29 is 5.11 Å². The maximum Gasteiger partial charge on any atom is 0.116 e. The van der Waals surface area contributed by atoms with Crippen molar-refractivity contribution in [1.29, 1.82) is 0 Å². The van der Waals surface area contributed by atoms with Crippen LogP contribution in [0.15, 0.2) is 54.9 Å². The minimum absolute atomic E-state index is 0.242.